The van der Waals surface area contributed by atoms with Gasteiger partial charge >= 0.3 is 0 Å². The summed E-state index contributed by atoms with van der Waals surface area (Å²) < 4.78 is 6.72. The Bertz CT molecular complexity index is 316. The fourth-order valence-corrected chi connectivity index (χ4v) is 2.25. The zero-order valence-corrected chi connectivity index (χ0v) is 11.6. The molecule has 1 aromatic carbocycles. The van der Waals surface area contributed by atoms with Crippen molar-refractivity contribution < 1.29 is 4.74 Å². The van der Waals surface area contributed by atoms with Crippen LogP contribution in [-0.2, 0) is 0 Å². The quantitative estimate of drug-likeness (QED) is 0.625. The summed E-state index contributed by atoms with van der Waals surface area (Å²) in [6, 6.07) is 3.91. The van der Waals surface area contributed by atoms with E-state index >= 15 is 0 Å². The molecule has 2 nitrogen and oxygen atoms in total. The van der Waals surface area contributed by atoms with Gasteiger partial charge in [-0.1, -0.05) is 42.1 Å². The molecule has 0 aromatic heterocycles. The average Bonchev–Trinajstić information content (AvgIpc) is 2.20. The molecule has 0 atom stereocenters. The van der Waals surface area contributed by atoms with Crippen LogP contribution >= 0.6 is 15.9 Å². The Balaban J connectivity index is 2.47. The first kappa shape index (κ1) is 13.4. The van der Waals surface area contributed by atoms with Crippen molar-refractivity contribution in [2.75, 3.05) is 12.3 Å². The second kappa shape index (κ2) is 6.79. The summed E-state index contributed by atoms with van der Waals surface area (Å²) in [5.74, 6) is 0.833. The number of benzene rings is 1. The molecule has 16 heavy (non-hydrogen) atoms. The molecule has 0 spiro atoms. The molecule has 0 heterocycles. The van der Waals surface area contributed by atoms with E-state index in [1.54, 1.807) is 0 Å². The molecule has 0 saturated heterocycles. The molecule has 0 amide bonds. The van der Waals surface area contributed by atoms with Crippen LogP contribution in [0.1, 0.15) is 38.2 Å². The normalized spacial score (nSPS) is 10.4. The van der Waals surface area contributed by atoms with Gasteiger partial charge in [0, 0.05) is 4.47 Å². The van der Waals surface area contributed by atoms with E-state index in [0.29, 0.717) is 5.69 Å². The van der Waals surface area contributed by atoms with Crippen molar-refractivity contribution in [3.05, 3.63) is 22.2 Å². The first-order valence-corrected chi connectivity index (χ1v) is 6.63. The van der Waals surface area contributed by atoms with Crippen molar-refractivity contribution in [3.63, 3.8) is 0 Å². The smallest absolute Gasteiger partial charge is 0.145 e. The number of rotatable bonds is 6. The molecule has 0 aliphatic heterocycles. The second-order valence-corrected chi connectivity index (χ2v) is 4.97. The third-order valence-corrected chi connectivity index (χ3v) is 2.97. The monoisotopic (exact) mass is 285 g/mol. The van der Waals surface area contributed by atoms with Gasteiger partial charge in [-0.3, -0.25) is 0 Å². The first-order chi connectivity index (χ1) is 7.65. The van der Waals surface area contributed by atoms with Crippen LogP contribution in [0.15, 0.2) is 16.6 Å². The number of hydrogen-bond donors (Lipinski definition) is 1. The molecule has 2 N–H and O–H groups in total. The molecule has 0 aliphatic rings. The van der Waals surface area contributed by atoms with Crippen molar-refractivity contribution in [3.8, 4) is 5.75 Å². The number of hydrogen-bond acceptors (Lipinski definition) is 2. The minimum atomic E-state index is 0.711. The number of unbranched alkanes of at least 4 members (excludes halogenated alkanes) is 3. The molecule has 1 rings (SSSR count). The highest BCUT2D eigenvalue weighted by atomic mass is 79.9. The molecule has 0 fully saturated rings. The van der Waals surface area contributed by atoms with E-state index in [1.807, 2.05) is 19.1 Å². The van der Waals surface area contributed by atoms with Gasteiger partial charge in [-0.05, 0) is 31.0 Å². The molecule has 1 aromatic rings. The molecular formula is C13H20BrNO. The van der Waals surface area contributed by atoms with Crippen LogP contribution in [-0.4, -0.2) is 6.61 Å². The number of aryl methyl sites for hydroxylation is 1. The van der Waals surface area contributed by atoms with Crippen molar-refractivity contribution in [2.45, 2.75) is 39.5 Å². The van der Waals surface area contributed by atoms with E-state index in [1.165, 1.54) is 19.3 Å². The Morgan fingerprint density at radius 3 is 2.62 bits per heavy atom. The van der Waals surface area contributed by atoms with Gasteiger partial charge in [-0.15, -0.1) is 0 Å². The molecule has 0 radical (unpaired) electrons. The van der Waals surface area contributed by atoms with Gasteiger partial charge < -0.3 is 10.5 Å². The van der Waals surface area contributed by atoms with E-state index in [9.17, 15) is 0 Å². The summed E-state index contributed by atoms with van der Waals surface area (Å²) >= 11 is 3.41. The van der Waals surface area contributed by atoms with Crippen LogP contribution in [0.5, 0.6) is 5.75 Å². The third kappa shape index (κ3) is 4.05. The SMILES string of the molecule is CCCCCCOc1c(C)cc(Br)cc1N. The van der Waals surface area contributed by atoms with Crippen LogP contribution in [0.4, 0.5) is 5.69 Å². The number of nitrogens with two attached hydrogens (primary N) is 1. The number of halogens is 1. The molecule has 0 bridgehead atoms. The third-order valence-electron chi connectivity index (χ3n) is 2.51. The van der Waals surface area contributed by atoms with E-state index in [0.717, 1.165) is 28.8 Å². The Labute approximate surface area is 106 Å². The zero-order valence-electron chi connectivity index (χ0n) is 10.1. The molecule has 0 unspecified atom stereocenters. The Hall–Kier alpha value is -0.700. The lowest BCUT2D eigenvalue weighted by atomic mass is 10.2. The molecule has 0 aliphatic carbocycles. The average molecular weight is 286 g/mol. The van der Waals surface area contributed by atoms with Crippen LogP contribution < -0.4 is 10.5 Å². The van der Waals surface area contributed by atoms with Crippen molar-refractivity contribution in [1.29, 1.82) is 0 Å². The maximum atomic E-state index is 5.91. The van der Waals surface area contributed by atoms with Gasteiger partial charge in [0.15, 0.2) is 0 Å². The zero-order chi connectivity index (χ0) is 12.0. The van der Waals surface area contributed by atoms with Crippen LogP contribution in [0, 0.1) is 6.92 Å². The minimum absolute atomic E-state index is 0.711. The first-order valence-electron chi connectivity index (χ1n) is 5.83. The van der Waals surface area contributed by atoms with E-state index < -0.39 is 0 Å². The van der Waals surface area contributed by atoms with Gasteiger partial charge in [-0.2, -0.15) is 0 Å². The lowest BCUT2D eigenvalue weighted by molar-refractivity contribution is 0.304. The fourth-order valence-electron chi connectivity index (χ4n) is 1.66. The minimum Gasteiger partial charge on any atom is -0.491 e. The van der Waals surface area contributed by atoms with Crippen molar-refractivity contribution in [1.82, 2.24) is 0 Å². The van der Waals surface area contributed by atoms with Crippen molar-refractivity contribution >= 4 is 21.6 Å². The van der Waals surface area contributed by atoms with Crippen LogP contribution in [0.2, 0.25) is 0 Å². The topological polar surface area (TPSA) is 35.2 Å². The van der Waals surface area contributed by atoms with Gasteiger partial charge in [-0.25, -0.2) is 0 Å². The molecule has 0 saturated carbocycles. The Morgan fingerprint density at radius 2 is 2.00 bits per heavy atom. The summed E-state index contributed by atoms with van der Waals surface area (Å²) in [4.78, 5) is 0. The van der Waals surface area contributed by atoms with E-state index in [4.69, 9.17) is 10.5 Å². The summed E-state index contributed by atoms with van der Waals surface area (Å²) in [7, 11) is 0. The number of ether oxygens (including phenoxy) is 1. The summed E-state index contributed by atoms with van der Waals surface area (Å²) in [5, 5.41) is 0. The summed E-state index contributed by atoms with van der Waals surface area (Å²) in [6.45, 7) is 4.98. The maximum absolute atomic E-state index is 5.91. The predicted molar refractivity (Wildman–Crippen MR) is 72.9 cm³/mol. The highest BCUT2D eigenvalue weighted by molar-refractivity contribution is 9.10. The van der Waals surface area contributed by atoms with Gasteiger partial charge in [0.1, 0.15) is 5.75 Å². The van der Waals surface area contributed by atoms with Gasteiger partial charge in [0.25, 0.3) is 0 Å². The maximum Gasteiger partial charge on any atom is 0.145 e. The summed E-state index contributed by atoms with van der Waals surface area (Å²) in [5.41, 5.74) is 7.70. The Kier molecular flexibility index (Phi) is 5.67. The van der Waals surface area contributed by atoms with Gasteiger partial charge in [0.2, 0.25) is 0 Å². The summed E-state index contributed by atoms with van der Waals surface area (Å²) in [6.07, 6.45) is 4.85. The standard InChI is InChI=1S/C13H20BrNO/c1-3-4-5-6-7-16-13-10(2)8-11(14)9-12(13)15/h8-9H,3-7,15H2,1-2H3. The van der Waals surface area contributed by atoms with E-state index in [-0.39, 0.29) is 0 Å². The van der Waals surface area contributed by atoms with Gasteiger partial charge in [0.05, 0.1) is 12.3 Å². The predicted octanol–water partition coefficient (Wildman–Crippen LogP) is 4.30. The molecule has 90 valence electrons. The highest BCUT2D eigenvalue weighted by Gasteiger charge is 2.05. The van der Waals surface area contributed by atoms with Crippen LogP contribution in [0.25, 0.3) is 0 Å². The number of anilines is 1. The second-order valence-electron chi connectivity index (χ2n) is 4.05. The Morgan fingerprint density at radius 1 is 1.25 bits per heavy atom. The fraction of sp³-hybridized carbons (Fsp3) is 0.538. The lowest BCUT2D eigenvalue weighted by Gasteiger charge is -2.12. The van der Waals surface area contributed by atoms with Crippen molar-refractivity contribution in [2.24, 2.45) is 0 Å². The number of nitrogen functional groups attached to an aromatic ring is 1. The van der Waals surface area contributed by atoms with E-state index in [2.05, 4.69) is 22.9 Å². The molecule has 3 heteroatoms. The molecular weight excluding hydrogens is 266 g/mol. The lowest BCUT2D eigenvalue weighted by Crippen LogP contribution is -2.02. The largest absolute Gasteiger partial charge is 0.491 e. The van der Waals surface area contributed by atoms with Crippen LogP contribution in [0.3, 0.4) is 0 Å². The highest BCUT2D eigenvalue weighted by Crippen LogP contribution is 2.30.